The number of aromatic nitrogens is 3. The molecule has 0 atom stereocenters. The molecule has 1 aliphatic rings. The minimum Gasteiger partial charge on any atom is -0.354 e. The van der Waals surface area contributed by atoms with E-state index in [1.807, 2.05) is 4.68 Å². The summed E-state index contributed by atoms with van der Waals surface area (Å²) in [6, 6.07) is 8.30. The van der Waals surface area contributed by atoms with Gasteiger partial charge in [-0.1, -0.05) is 29.8 Å². The van der Waals surface area contributed by atoms with Gasteiger partial charge in [0.25, 0.3) is 0 Å². The fourth-order valence-electron chi connectivity index (χ4n) is 1.88. The predicted octanol–water partition coefficient (Wildman–Crippen LogP) is 2.07. The lowest BCUT2D eigenvalue weighted by atomic mass is 10.1. The van der Waals surface area contributed by atoms with E-state index < -0.39 is 0 Å². The Kier molecular flexibility index (Phi) is 2.13. The van der Waals surface area contributed by atoms with Gasteiger partial charge in [-0.15, -0.1) is 5.10 Å². The highest BCUT2D eigenvalue weighted by Crippen LogP contribution is 2.20. The first-order valence-electron chi connectivity index (χ1n) is 5.59. The molecule has 16 heavy (non-hydrogen) atoms. The van der Waals surface area contributed by atoms with Crippen LogP contribution in [0, 0.1) is 6.92 Å². The van der Waals surface area contributed by atoms with E-state index in [0.717, 1.165) is 36.8 Å². The molecular weight excluding hydrogens is 200 g/mol. The predicted molar refractivity (Wildman–Crippen MR) is 63.3 cm³/mol. The minimum atomic E-state index is 0.810. The number of benzene rings is 1. The van der Waals surface area contributed by atoms with Gasteiger partial charge >= 0.3 is 0 Å². The number of hydrogen-bond donors (Lipinski definition) is 1. The zero-order valence-corrected chi connectivity index (χ0v) is 9.27. The Labute approximate surface area is 94.3 Å². The highest BCUT2D eigenvalue weighted by Gasteiger charge is 2.13. The van der Waals surface area contributed by atoms with E-state index >= 15 is 0 Å². The fraction of sp³-hybridized carbons (Fsp3) is 0.333. The van der Waals surface area contributed by atoms with Gasteiger partial charge in [0.1, 0.15) is 0 Å². The van der Waals surface area contributed by atoms with Crippen LogP contribution in [-0.4, -0.2) is 21.3 Å². The number of nitrogens with zero attached hydrogens (tertiary/aromatic N) is 3. The lowest BCUT2D eigenvalue weighted by molar-refractivity contribution is 0.566. The lowest BCUT2D eigenvalue weighted by Crippen LogP contribution is -2.17. The first kappa shape index (κ1) is 9.39. The summed E-state index contributed by atoms with van der Waals surface area (Å²) in [5.74, 6) is 1.70. The molecule has 1 aliphatic heterocycles. The van der Waals surface area contributed by atoms with Crippen LogP contribution in [0.15, 0.2) is 24.3 Å². The number of rotatable bonds is 1. The van der Waals surface area contributed by atoms with Crippen molar-refractivity contribution in [1.29, 1.82) is 0 Å². The minimum absolute atomic E-state index is 0.810. The van der Waals surface area contributed by atoms with E-state index in [2.05, 4.69) is 46.6 Å². The van der Waals surface area contributed by atoms with E-state index in [1.54, 1.807) is 0 Å². The first-order chi connectivity index (χ1) is 7.83. The summed E-state index contributed by atoms with van der Waals surface area (Å²) in [6.07, 6.45) is 1.11. The van der Waals surface area contributed by atoms with Gasteiger partial charge in [0, 0.05) is 18.7 Å². The van der Waals surface area contributed by atoms with Crippen LogP contribution in [0.5, 0.6) is 0 Å². The molecule has 0 unspecified atom stereocenters. The summed E-state index contributed by atoms with van der Waals surface area (Å²) in [7, 11) is 0. The largest absolute Gasteiger partial charge is 0.354 e. The van der Waals surface area contributed by atoms with Gasteiger partial charge in [-0.2, -0.15) is 4.98 Å². The third-order valence-corrected chi connectivity index (χ3v) is 2.81. The van der Waals surface area contributed by atoms with Crippen molar-refractivity contribution >= 4 is 5.95 Å². The maximum Gasteiger partial charge on any atom is 0.221 e. The first-order valence-corrected chi connectivity index (χ1v) is 5.59. The summed E-state index contributed by atoms with van der Waals surface area (Å²) in [6.45, 7) is 4.03. The number of nitrogens with one attached hydrogen (secondary N) is 1. The molecule has 1 aromatic heterocycles. The highest BCUT2D eigenvalue weighted by atomic mass is 15.4. The molecule has 0 amide bonds. The second-order valence-corrected chi connectivity index (χ2v) is 4.13. The molecule has 2 heterocycles. The van der Waals surface area contributed by atoms with Crippen molar-refractivity contribution in [2.24, 2.45) is 0 Å². The van der Waals surface area contributed by atoms with Crippen molar-refractivity contribution in [1.82, 2.24) is 14.8 Å². The van der Waals surface area contributed by atoms with Crippen molar-refractivity contribution in [3.05, 3.63) is 29.8 Å². The molecule has 4 heteroatoms. The van der Waals surface area contributed by atoms with Crippen LogP contribution in [0.25, 0.3) is 11.4 Å². The van der Waals surface area contributed by atoms with Crippen LogP contribution < -0.4 is 5.32 Å². The second-order valence-electron chi connectivity index (χ2n) is 4.13. The van der Waals surface area contributed by atoms with Crippen LogP contribution in [0.3, 0.4) is 0 Å². The number of aryl methyl sites for hydroxylation is 2. The Balaban J connectivity index is 2.00. The van der Waals surface area contributed by atoms with Crippen LogP contribution in [-0.2, 0) is 6.54 Å². The number of anilines is 1. The Morgan fingerprint density at radius 2 is 2.06 bits per heavy atom. The normalized spacial score (nSPS) is 14.3. The van der Waals surface area contributed by atoms with E-state index in [1.165, 1.54) is 5.56 Å². The smallest absolute Gasteiger partial charge is 0.221 e. The summed E-state index contributed by atoms with van der Waals surface area (Å²) in [5, 5.41) is 7.75. The van der Waals surface area contributed by atoms with Crippen LogP contribution in [0.2, 0.25) is 0 Å². The highest BCUT2D eigenvalue weighted by molar-refractivity contribution is 5.56. The van der Waals surface area contributed by atoms with Gasteiger partial charge in [0.05, 0.1) is 0 Å². The number of fused-ring (bicyclic) bond motifs is 1. The molecule has 82 valence electrons. The molecule has 0 aliphatic carbocycles. The van der Waals surface area contributed by atoms with Gasteiger partial charge in [-0.05, 0) is 13.3 Å². The van der Waals surface area contributed by atoms with Crippen molar-refractivity contribution in [2.75, 3.05) is 11.9 Å². The van der Waals surface area contributed by atoms with Gasteiger partial charge in [0.15, 0.2) is 5.82 Å². The molecular formula is C12H14N4. The van der Waals surface area contributed by atoms with Crippen LogP contribution in [0.4, 0.5) is 5.95 Å². The third kappa shape index (κ3) is 1.56. The fourth-order valence-corrected chi connectivity index (χ4v) is 1.88. The molecule has 0 saturated carbocycles. The molecule has 0 fully saturated rings. The van der Waals surface area contributed by atoms with E-state index in [4.69, 9.17) is 0 Å². The standard InChI is InChI=1S/C12H14N4/c1-9-3-5-10(6-4-9)11-14-12-13-7-2-8-16(12)15-11/h3-6H,2,7-8H2,1H3,(H,13,14,15). The van der Waals surface area contributed by atoms with Gasteiger partial charge in [-0.25, -0.2) is 4.68 Å². The average molecular weight is 214 g/mol. The van der Waals surface area contributed by atoms with Crippen LogP contribution >= 0.6 is 0 Å². The quantitative estimate of drug-likeness (QED) is 0.790. The van der Waals surface area contributed by atoms with Crippen molar-refractivity contribution in [3.63, 3.8) is 0 Å². The topological polar surface area (TPSA) is 42.7 Å². The maximum atomic E-state index is 4.49. The summed E-state index contributed by atoms with van der Waals surface area (Å²) >= 11 is 0. The Hall–Kier alpha value is -1.84. The average Bonchev–Trinajstić information content (AvgIpc) is 2.73. The van der Waals surface area contributed by atoms with Gasteiger partial charge in [0.2, 0.25) is 5.95 Å². The second kappa shape index (κ2) is 3.63. The molecule has 4 nitrogen and oxygen atoms in total. The molecule has 1 N–H and O–H groups in total. The summed E-state index contributed by atoms with van der Waals surface area (Å²) in [5.41, 5.74) is 2.33. The molecule has 2 aromatic rings. The monoisotopic (exact) mass is 214 g/mol. The maximum absolute atomic E-state index is 4.49. The van der Waals surface area contributed by atoms with E-state index in [-0.39, 0.29) is 0 Å². The van der Waals surface area contributed by atoms with Gasteiger partial charge < -0.3 is 5.32 Å². The third-order valence-electron chi connectivity index (χ3n) is 2.81. The number of hydrogen-bond acceptors (Lipinski definition) is 3. The SMILES string of the molecule is Cc1ccc(-c2nc3n(n2)CCCN3)cc1. The van der Waals surface area contributed by atoms with Crippen molar-refractivity contribution in [2.45, 2.75) is 19.9 Å². The molecule has 1 aromatic carbocycles. The Bertz CT molecular complexity index is 475. The molecule has 3 rings (SSSR count). The molecule has 0 saturated heterocycles. The summed E-state index contributed by atoms with van der Waals surface area (Å²) in [4.78, 5) is 4.49. The van der Waals surface area contributed by atoms with Gasteiger partial charge in [-0.3, -0.25) is 0 Å². The van der Waals surface area contributed by atoms with Crippen molar-refractivity contribution < 1.29 is 0 Å². The molecule has 0 spiro atoms. The zero-order valence-electron chi connectivity index (χ0n) is 9.27. The molecule has 0 bridgehead atoms. The van der Waals surface area contributed by atoms with Crippen molar-refractivity contribution in [3.8, 4) is 11.4 Å². The molecule has 0 radical (unpaired) electrons. The van der Waals surface area contributed by atoms with E-state index in [0.29, 0.717) is 0 Å². The van der Waals surface area contributed by atoms with Crippen LogP contribution in [0.1, 0.15) is 12.0 Å². The zero-order chi connectivity index (χ0) is 11.0. The Morgan fingerprint density at radius 1 is 1.25 bits per heavy atom. The lowest BCUT2D eigenvalue weighted by Gasteiger charge is -2.12. The summed E-state index contributed by atoms with van der Waals surface area (Å²) < 4.78 is 1.94. The van der Waals surface area contributed by atoms with E-state index in [9.17, 15) is 0 Å². The Morgan fingerprint density at radius 3 is 2.81 bits per heavy atom.